The van der Waals surface area contributed by atoms with Crippen LogP contribution in [0.1, 0.15) is 0 Å². The number of rotatable bonds is 6. The molecule has 10 aromatic carbocycles. The zero-order valence-corrected chi connectivity index (χ0v) is 34.0. The Balaban J connectivity index is 1.13. The molecule has 0 radical (unpaired) electrons. The first kappa shape index (κ1) is 34.9. The zero-order chi connectivity index (χ0) is 40.7. The van der Waals surface area contributed by atoms with E-state index in [1.807, 2.05) is 0 Å². The standard InChI is InChI=1S/C60H38BN/c1-5-17-39(18-6-1)43-29-44(40-19-7-2-8-20-40)32-47(31-43)49-35-53-51-25-13-15-27-57(51)61-58-28-16-14-26-52(58)54-36-50(38-56-55(37-49)59(53)62(61)60(54)56)48-33-45(41-21-9-3-10-22-41)30-46(34-48)42-23-11-4-12-24-42/h1-38H. The summed E-state index contributed by atoms with van der Waals surface area (Å²) < 4.78 is 2.68. The van der Waals surface area contributed by atoms with Crippen molar-refractivity contribution in [3.8, 4) is 89.0 Å². The van der Waals surface area contributed by atoms with Gasteiger partial charge in [-0.3, -0.25) is 0 Å². The molecule has 0 atom stereocenters. The lowest BCUT2D eigenvalue weighted by atomic mass is 9.45. The average Bonchev–Trinajstić information content (AvgIpc) is 3.69. The molecule has 2 aliphatic rings. The lowest BCUT2D eigenvalue weighted by Gasteiger charge is -2.32. The highest BCUT2D eigenvalue weighted by Crippen LogP contribution is 2.48. The minimum atomic E-state index is 0.0799. The Kier molecular flexibility index (Phi) is 7.77. The molecule has 2 aliphatic heterocycles. The Morgan fingerprint density at radius 1 is 0.226 bits per heavy atom. The van der Waals surface area contributed by atoms with Crippen molar-refractivity contribution >= 4 is 39.6 Å². The van der Waals surface area contributed by atoms with Crippen molar-refractivity contribution in [2.45, 2.75) is 0 Å². The van der Waals surface area contributed by atoms with E-state index >= 15 is 0 Å². The molecule has 0 aliphatic carbocycles. The second-order valence-corrected chi connectivity index (χ2v) is 16.8. The number of aromatic nitrogens is 1. The Hall–Kier alpha value is -7.94. The van der Waals surface area contributed by atoms with Crippen LogP contribution in [0.5, 0.6) is 0 Å². The van der Waals surface area contributed by atoms with E-state index in [1.165, 1.54) is 122 Å². The van der Waals surface area contributed by atoms with Gasteiger partial charge in [-0.05, 0) is 149 Å². The second-order valence-electron chi connectivity index (χ2n) is 16.8. The normalized spacial score (nSPS) is 12.2. The molecule has 1 nitrogen and oxygen atoms in total. The third-order valence-corrected chi connectivity index (χ3v) is 13.3. The van der Waals surface area contributed by atoms with Crippen molar-refractivity contribution in [2.75, 3.05) is 0 Å². The zero-order valence-electron chi connectivity index (χ0n) is 34.0. The second kappa shape index (κ2) is 13.8. The molecule has 62 heavy (non-hydrogen) atoms. The highest BCUT2D eigenvalue weighted by atomic mass is 14.9. The van der Waals surface area contributed by atoms with E-state index in [2.05, 4.69) is 235 Å². The van der Waals surface area contributed by atoms with Gasteiger partial charge in [-0.2, -0.15) is 0 Å². The van der Waals surface area contributed by atoms with Crippen LogP contribution < -0.4 is 10.9 Å². The molecule has 1 aromatic heterocycles. The lowest BCUT2D eigenvalue weighted by Crippen LogP contribution is -2.53. The number of fused-ring (bicyclic) bond motifs is 7. The van der Waals surface area contributed by atoms with Crippen molar-refractivity contribution in [3.05, 3.63) is 231 Å². The van der Waals surface area contributed by atoms with Crippen LogP contribution in [0, 0.1) is 0 Å². The molecule has 286 valence electrons. The SMILES string of the molecule is c1ccc(-c2cc(-c3ccccc3)cc(-c3cc4c5c(c3)c3cc(-c6cc(-c7ccccc7)cc(-c7ccccc7)c6)cc6c3n5B(c3ccccc3-4)c3ccccc3-6)c2)cc1. The van der Waals surface area contributed by atoms with E-state index in [-0.39, 0.29) is 6.85 Å². The highest BCUT2D eigenvalue weighted by molar-refractivity contribution is 6.88. The van der Waals surface area contributed by atoms with Gasteiger partial charge in [-0.1, -0.05) is 170 Å². The van der Waals surface area contributed by atoms with Gasteiger partial charge in [0, 0.05) is 32.9 Å². The van der Waals surface area contributed by atoms with Crippen molar-refractivity contribution in [1.82, 2.24) is 4.48 Å². The quantitative estimate of drug-likeness (QED) is 0.148. The molecule has 0 N–H and O–H groups in total. The summed E-state index contributed by atoms with van der Waals surface area (Å²) in [5, 5.41) is 2.58. The van der Waals surface area contributed by atoms with E-state index in [1.54, 1.807) is 0 Å². The van der Waals surface area contributed by atoms with Crippen LogP contribution in [0.15, 0.2) is 231 Å². The number of benzene rings is 10. The Bertz CT molecular complexity index is 3200. The smallest absolute Gasteiger partial charge is 0.329 e. The van der Waals surface area contributed by atoms with Crippen LogP contribution in [-0.4, -0.2) is 11.3 Å². The largest absolute Gasteiger partial charge is 0.375 e. The van der Waals surface area contributed by atoms with Crippen LogP contribution >= 0.6 is 0 Å². The maximum atomic E-state index is 2.68. The maximum absolute atomic E-state index is 2.68. The summed E-state index contributed by atoms with van der Waals surface area (Å²) in [5.41, 5.74) is 25.1. The van der Waals surface area contributed by atoms with E-state index in [0.717, 1.165) is 0 Å². The number of hydrogen-bond acceptors (Lipinski definition) is 0. The molecule has 0 spiro atoms. The summed E-state index contributed by atoms with van der Waals surface area (Å²) in [6.45, 7) is 0.0799. The Labute approximate surface area is 362 Å². The van der Waals surface area contributed by atoms with Gasteiger partial charge in [0.2, 0.25) is 0 Å². The summed E-state index contributed by atoms with van der Waals surface area (Å²) in [6, 6.07) is 85.6. The summed E-state index contributed by atoms with van der Waals surface area (Å²) in [6.07, 6.45) is 0. The van der Waals surface area contributed by atoms with Crippen molar-refractivity contribution in [3.63, 3.8) is 0 Å². The van der Waals surface area contributed by atoms with Crippen molar-refractivity contribution in [1.29, 1.82) is 0 Å². The van der Waals surface area contributed by atoms with Gasteiger partial charge in [-0.25, -0.2) is 0 Å². The van der Waals surface area contributed by atoms with Gasteiger partial charge in [0.05, 0.1) is 0 Å². The first-order valence-electron chi connectivity index (χ1n) is 21.6. The third-order valence-electron chi connectivity index (χ3n) is 13.3. The minimum absolute atomic E-state index is 0.0799. The molecule has 0 saturated heterocycles. The molecule has 0 unspecified atom stereocenters. The Morgan fingerprint density at radius 2 is 0.500 bits per heavy atom. The van der Waals surface area contributed by atoms with Crippen molar-refractivity contribution < 1.29 is 0 Å². The average molecular weight is 784 g/mol. The van der Waals surface area contributed by atoms with Gasteiger partial charge in [0.1, 0.15) is 0 Å². The summed E-state index contributed by atoms with van der Waals surface area (Å²) in [5.74, 6) is 0. The summed E-state index contributed by atoms with van der Waals surface area (Å²) in [7, 11) is 0. The topological polar surface area (TPSA) is 4.93 Å². The Morgan fingerprint density at radius 3 is 0.839 bits per heavy atom. The minimum Gasteiger partial charge on any atom is -0.375 e. The van der Waals surface area contributed by atoms with Crippen LogP contribution in [0.4, 0.5) is 0 Å². The first-order valence-corrected chi connectivity index (χ1v) is 21.6. The molecule has 11 aromatic rings. The summed E-state index contributed by atoms with van der Waals surface area (Å²) >= 11 is 0. The molecular formula is C60H38BN. The van der Waals surface area contributed by atoms with Gasteiger partial charge in [0.25, 0.3) is 0 Å². The lowest BCUT2D eigenvalue weighted by molar-refractivity contribution is 1.31. The predicted molar refractivity (Wildman–Crippen MR) is 263 cm³/mol. The van der Waals surface area contributed by atoms with Crippen LogP contribution in [0.25, 0.3) is 111 Å². The molecule has 13 rings (SSSR count). The first-order chi connectivity index (χ1) is 30.7. The van der Waals surface area contributed by atoms with Gasteiger partial charge >= 0.3 is 6.85 Å². The number of hydrogen-bond donors (Lipinski definition) is 0. The molecule has 0 bridgehead atoms. The predicted octanol–water partition coefficient (Wildman–Crippen LogP) is 14.4. The molecule has 0 amide bonds. The molecular weight excluding hydrogens is 745 g/mol. The van der Waals surface area contributed by atoms with E-state index in [0.29, 0.717) is 0 Å². The van der Waals surface area contributed by atoms with E-state index in [9.17, 15) is 0 Å². The third kappa shape index (κ3) is 5.43. The summed E-state index contributed by atoms with van der Waals surface area (Å²) in [4.78, 5) is 0. The fourth-order valence-electron chi connectivity index (χ4n) is 10.5. The van der Waals surface area contributed by atoms with E-state index < -0.39 is 0 Å². The molecule has 3 heterocycles. The maximum Gasteiger partial charge on any atom is 0.329 e. The highest BCUT2D eigenvalue weighted by Gasteiger charge is 2.39. The van der Waals surface area contributed by atoms with Gasteiger partial charge in [-0.15, -0.1) is 0 Å². The van der Waals surface area contributed by atoms with Crippen LogP contribution in [0.3, 0.4) is 0 Å². The van der Waals surface area contributed by atoms with Gasteiger partial charge in [0.15, 0.2) is 0 Å². The van der Waals surface area contributed by atoms with Crippen molar-refractivity contribution in [2.24, 2.45) is 0 Å². The molecule has 2 heteroatoms. The monoisotopic (exact) mass is 783 g/mol. The molecule has 0 saturated carbocycles. The molecule has 0 fully saturated rings. The van der Waals surface area contributed by atoms with E-state index in [4.69, 9.17) is 0 Å². The fraction of sp³-hybridized carbons (Fsp3) is 0. The fourth-order valence-corrected chi connectivity index (χ4v) is 10.5. The van der Waals surface area contributed by atoms with Crippen LogP contribution in [0.2, 0.25) is 0 Å². The van der Waals surface area contributed by atoms with Crippen LogP contribution in [-0.2, 0) is 0 Å². The number of nitrogens with zero attached hydrogens (tertiary/aromatic N) is 1. The van der Waals surface area contributed by atoms with Gasteiger partial charge < -0.3 is 4.48 Å².